The molecule has 0 atom stereocenters. The maximum atomic E-state index is 12.7. The van der Waals surface area contributed by atoms with Gasteiger partial charge in [-0.05, 0) is 42.8 Å². The summed E-state index contributed by atoms with van der Waals surface area (Å²) in [4.78, 5) is 25.4. The molecule has 0 bridgehead atoms. The lowest BCUT2D eigenvalue weighted by Crippen LogP contribution is -2.27. The number of nitrogens with one attached hydrogen (secondary N) is 2. The number of carbonyl (C=O) groups is 2. The molecule has 27 heavy (non-hydrogen) atoms. The van der Waals surface area contributed by atoms with Crippen molar-refractivity contribution >= 4 is 33.8 Å². The number of rotatable bonds is 4. The molecule has 0 aliphatic heterocycles. The standard InChI is InChI=1S/C20H22N4O2S/c1-13-11-16(23-19(26)20(2,3)4)27-17(13)18(25)22-14-7-5-8-15(12-14)24-10-6-9-21-24/h5-12H,1-4H3,(H,22,25)(H,23,26). The first kappa shape index (κ1) is 18.8. The molecule has 3 rings (SSSR count). The van der Waals surface area contributed by atoms with E-state index in [0.29, 0.717) is 15.6 Å². The van der Waals surface area contributed by atoms with Crippen LogP contribution in [0.4, 0.5) is 10.7 Å². The minimum atomic E-state index is -0.493. The van der Waals surface area contributed by atoms with E-state index < -0.39 is 5.41 Å². The normalized spacial score (nSPS) is 11.3. The molecule has 3 aromatic rings. The molecule has 0 spiro atoms. The molecule has 0 fully saturated rings. The van der Waals surface area contributed by atoms with Gasteiger partial charge in [-0.15, -0.1) is 11.3 Å². The number of nitrogens with zero attached hydrogens (tertiary/aromatic N) is 2. The molecule has 0 radical (unpaired) electrons. The van der Waals surface area contributed by atoms with E-state index in [4.69, 9.17) is 0 Å². The molecular weight excluding hydrogens is 360 g/mol. The summed E-state index contributed by atoms with van der Waals surface area (Å²) < 4.78 is 1.73. The molecule has 7 heteroatoms. The number of hydrogen-bond donors (Lipinski definition) is 2. The molecule has 6 nitrogen and oxygen atoms in total. The zero-order valence-electron chi connectivity index (χ0n) is 15.7. The van der Waals surface area contributed by atoms with Gasteiger partial charge < -0.3 is 10.6 Å². The van der Waals surface area contributed by atoms with Crippen LogP contribution in [0.1, 0.15) is 36.0 Å². The zero-order chi connectivity index (χ0) is 19.6. The summed E-state index contributed by atoms with van der Waals surface area (Å²) in [5.41, 5.74) is 1.87. The number of benzene rings is 1. The lowest BCUT2D eigenvalue weighted by Gasteiger charge is -2.16. The van der Waals surface area contributed by atoms with E-state index in [1.54, 1.807) is 10.9 Å². The second-order valence-electron chi connectivity index (χ2n) is 7.28. The monoisotopic (exact) mass is 382 g/mol. The molecule has 140 valence electrons. The summed E-state index contributed by atoms with van der Waals surface area (Å²) in [5.74, 6) is -0.283. The van der Waals surface area contributed by atoms with Gasteiger partial charge in [0.25, 0.3) is 5.91 Å². The second-order valence-corrected chi connectivity index (χ2v) is 8.33. The third-order valence-electron chi connectivity index (χ3n) is 3.91. The van der Waals surface area contributed by atoms with Crippen LogP contribution < -0.4 is 10.6 Å². The van der Waals surface area contributed by atoms with Gasteiger partial charge in [0, 0.05) is 23.5 Å². The Morgan fingerprint density at radius 1 is 1.11 bits per heavy atom. The van der Waals surface area contributed by atoms with E-state index in [-0.39, 0.29) is 11.8 Å². The van der Waals surface area contributed by atoms with Crippen LogP contribution in [0.5, 0.6) is 0 Å². The van der Waals surface area contributed by atoms with Crippen molar-refractivity contribution in [2.24, 2.45) is 5.41 Å². The number of aromatic nitrogens is 2. The first-order valence-corrected chi connectivity index (χ1v) is 9.39. The quantitative estimate of drug-likeness (QED) is 0.698. The summed E-state index contributed by atoms with van der Waals surface area (Å²) in [6.45, 7) is 7.41. The average Bonchev–Trinajstić information content (AvgIpc) is 3.24. The van der Waals surface area contributed by atoms with Crippen LogP contribution in [0, 0.1) is 12.3 Å². The Balaban J connectivity index is 1.75. The first-order chi connectivity index (χ1) is 12.7. The van der Waals surface area contributed by atoms with Crippen LogP contribution in [-0.4, -0.2) is 21.6 Å². The summed E-state index contributed by atoms with van der Waals surface area (Å²) in [6, 6.07) is 11.1. The summed E-state index contributed by atoms with van der Waals surface area (Å²) in [5, 5.41) is 10.7. The van der Waals surface area contributed by atoms with E-state index >= 15 is 0 Å². The summed E-state index contributed by atoms with van der Waals surface area (Å²) in [7, 11) is 0. The summed E-state index contributed by atoms with van der Waals surface area (Å²) >= 11 is 1.27. The van der Waals surface area contributed by atoms with E-state index in [1.807, 2.05) is 70.3 Å². The van der Waals surface area contributed by atoms with Crippen LogP contribution in [0.2, 0.25) is 0 Å². The average molecular weight is 382 g/mol. The fourth-order valence-corrected chi connectivity index (χ4v) is 3.37. The van der Waals surface area contributed by atoms with Gasteiger partial charge in [-0.3, -0.25) is 9.59 Å². The van der Waals surface area contributed by atoms with Gasteiger partial charge in [-0.25, -0.2) is 4.68 Å². The molecule has 2 N–H and O–H groups in total. The number of hydrogen-bond acceptors (Lipinski definition) is 4. The number of carbonyl (C=O) groups excluding carboxylic acids is 2. The Bertz CT molecular complexity index is 968. The molecule has 0 saturated carbocycles. The largest absolute Gasteiger partial charge is 0.321 e. The fourth-order valence-electron chi connectivity index (χ4n) is 2.40. The van der Waals surface area contributed by atoms with Gasteiger partial charge in [-0.1, -0.05) is 26.8 Å². The molecule has 0 unspecified atom stereocenters. The number of anilines is 2. The van der Waals surface area contributed by atoms with Crippen molar-refractivity contribution in [3.8, 4) is 5.69 Å². The first-order valence-electron chi connectivity index (χ1n) is 8.57. The molecule has 2 heterocycles. The Hall–Kier alpha value is -2.93. The van der Waals surface area contributed by atoms with Crippen molar-refractivity contribution in [3.63, 3.8) is 0 Å². The van der Waals surface area contributed by atoms with Crippen LogP contribution >= 0.6 is 11.3 Å². The third kappa shape index (κ3) is 4.43. The van der Waals surface area contributed by atoms with Crippen LogP contribution in [0.15, 0.2) is 48.8 Å². The van der Waals surface area contributed by atoms with Crippen molar-refractivity contribution in [1.82, 2.24) is 9.78 Å². The number of amides is 2. The molecular formula is C20H22N4O2S. The van der Waals surface area contributed by atoms with Crippen molar-refractivity contribution < 1.29 is 9.59 Å². The Kier molecular flexibility index (Phi) is 5.14. The van der Waals surface area contributed by atoms with Gasteiger partial charge in [0.1, 0.15) is 0 Å². The topological polar surface area (TPSA) is 76.0 Å². The summed E-state index contributed by atoms with van der Waals surface area (Å²) in [6.07, 6.45) is 3.54. The minimum Gasteiger partial charge on any atom is -0.321 e. The number of aryl methyl sites for hydroxylation is 1. The zero-order valence-corrected chi connectivity index (χ0v) is 16.6. The second kappa shape index (κ2) is 7.36. The number of thiophene rings is 1. The molecule has 2 amide bonds. The predicted molar refractivity (Wildman–Crippen MR) is 109 cm³/mol. The van der Waals surface area contributed by atoms with Crippen molar-refractivity contribution in [2.45, 2.75) is 27.7 Å². The van der Waals surface area contributed by atoms with E-state index in [2.05, 4.69) is 15.7 Å². The van der Waals surface area contributed by atoms with Gasteiger partial charge >= 0.3 is 0 Å². The Morgan fingerprint density at radius 3 is 2.56 bits per heavy atom. The van der Waals surface area contributed by atoms with E-state index in [0.717, 1.165) is 11.3 Å². The third-order valence-corrected chi connectivity index (χ3v) is 5.07. The van der Waals surface area contributed by atoms with Gasteiger partial charge in [-0.2, -0.15) is 5.10 Å². The highest BCUT2D eigenvalue weighted by Gasteiger charge is 2.23. The maximum absolute atomic E-state index is 12.7. The molecule has 0 aliphatic carbocycles. The highest BCUT2D eigenvalue weighted by Crippen LogP contribution is 2.29. The minimum absolute atomic E-state index is 0.0809. The maximum Gasteiger partial charge on any atom is 0.266 e. The Morgan fingerprint density at radius 2 is 1.89 bits per heavy atom. The molecule has 0 saturated heterocycles. The van der Waals surface area contributed by atoms with Crippen LogP contribution in [-0.2, 0) is 4.79 Å². The SMILES string of the molecule is Cc1cc(NC(=O)C(C)(C)C)sc1C(=O)Nc1cccc(-n2cccn2)c1. The van der Waals surface area contributed by atoms with Crippen molar-refractivity contribution in [2.75, 3.05) is 10.6 Å². The van der Waals surface area contributed by atoms with Crippen molar-refractivity contribution in [3.05, 3.63) is 59.2 Å². The van der Waals surface area contributed by atoms with Gasteiger partial charge in [0.05, 0.1) is 15.6 Å². The molecule has 1 aromatic carbocycles. The van der Waals surface area contributed by atoms with Crippen LogP contribution in [0.3, 0.4) is 0 Å². The smallest absolute Gasteiger partial charge is 0.266 e. The van der Waals surface area contributed by atoms with Gasteiger partial charge in [0.15, 0.2) is 0 Å². The van der Waals surface area contributed by atoms with Crippen molar-refractivity contribution in [1.29, 1.82) is 0 Å². The van der Waals surface area contributed by atoms with Gasteiger partial charge in [0.2, 0.25) is 5.91 Å². The highest BCUT2D eigenvalue weighted by atomic mass is 32.1. The molecule has 0 aliphatic rings. The lowest BCUT2D eigenvalue weighted by molar-refractivity contribution is -0.123. The van der Waals surface area contributed by atoms with Crippen LogP contribution in [0.25, 0.3) is 5.69 Å². The Labute approximate surface area is 162 Å². The predicted octanol–water partition coefficient (Wildman–Crippen LogP) is 4.48. The van der Waals surface area contributed by atoms with E-state index in [9.17, 15) is 9.59 Å². The lowest BCUT2D eigenvalue weighted by atomic mass is 9.96. The highest BCUT2D eigenvalue weighted by molar-refractivity contribution is 7.18. The fraction of sp³-hybridized carbons (Fsp3) is 0.250. The van der Waals surface area contributed by atoms with E-state index in [1.165, 1.54) is 11.3 Å². The molecule has 2 aromatic heterocycles.